The van der Waals surface area contributed by atoms with Crippen molar-refractivity contribution in [2.45, 2.75) is 39.3 Å². The fraction of sp³-hybridized carbons (Fsp3) is 0.562. The van der Waals surface area contributed by atoms with E-state index >= 15 is 0 Å². The predicted octanol–water partition coefficient (Wildman–Crippen LogP) is 3.18. The molecule has 2 heterocycles. The van der Waals surface area contributed by atoms with Crippen LogP contribution in [0.25, 0.3) is 10.2 Å². The van der Waals surface area contributed by atoms with Crippen molar-refractivity contribution < 1.29 is 0 Å². The van der Waals surface area contributed by atoms with Gasteiger partial charge in [0.2, 0.25) is 0 Å². The maximum absolute atomic E-state index is 4.54. The average molecular weight is 289 g/mol. The Bertz CT molecular complexity index is 572. The largest absolute Gasteiger partial charge is 0.315 e. The van der Waals surface area contributed by atoms with E-state index in [1.807, 2.05) is 0 Å². The summed E-state index contributed by atoms with van der Waals surface area (Å²) < 4.78 is 1.32. The molecule has 0 amide bonds. The maximum Gasteiger partial charge on any atom is 0.0907 e. The van der Waals surface area contributed by atoms with Crippen molar-refractivity contribution in [1.82, 2.24) is 15.2 Å². The molecule has 20 heavy (non-hydrogen) atoms. The summed E-state index contributed by atoms with van der Waals surface area (Å²) >= 11 is 1.80. The zero-order chi connectivity index (χ0) is 13.9. The number of aryl methyl sites for hydroxylation is 1. The van der Waals surface area contributed by atoms with Gasteiger partial charge in [0, 0.05) is 19.1 Å². The van der Waals surface area contributed by atoms with Crippen molar-refractivity contribution in [3.8, 4) is 0 Å². The molecular weight excluding hydrogens is 266 g/mol. The summed E-state index contributed by atoms with van der Waals surface area (Å²) in [6, 6.07) is 7.44. The smallest absolute Gasteiger partial charge is 0.0907 e. The minimum atomic E-state index is 0.703. The molecule has 3 nitrogen and oxygen atoms in total. The number of hydrogen-bond acceptors (Lipinski definition) is 4. The van der Waals surface area contributed by atoms with Crippen LogP contribution in [0.1, 0.15) is 30.3 Å². The Hall–Kier alpha value is -0.970. The van der Waals surface area contributed by atoms with Gasteiger partial charge >= 0.3 is 0 Å². The Balaban J connectivity index is 1.78. The van der Waals surface area contributed by atoms with Crippen LogP contribution in [0.5, 0.6) is 0 Å². The van der Waals surface area contributed by atoms with Crippen LogP contribution in [0.4, 0.5) is 0 Å². The molecule has 1 atom stereocenters. The molecule has 2 aromatic rings. The first-order chi connectivity index (χ1) is 9.76. The zero-order valence-electron chi connectivity index (χ0n) is 12.4. The number of nitrogens with one attached hydrogen (secondary N) is 1. The third-order valence-corrected chi connectivity index (χ3v) is 4.94. The number of rotatable bonds is 5. The summed E-state index contributed by atoms with van der Waals surface area (Å²) in [7, 11) is 0. The van der Waals surface area contributed by atoms with Gasteiger partial charge in [-0.3, -0.25) is 4.90 Å². The van der Waals surface area contributed by atoms with Crippen molar-refractivity contribution in [3.05, 3.63) is 28.8 Å². The molecule has 108 valence electrons. The highest BCUT2D eigenvalue weighted by molar-refractivity contribution is 7.18. The van der Waals surface area contributed by atoms with E-state index in [9.17, 15) is 0 Å². The predicted molar refractivity (Wildman–Crippen MR) is 86.3 cm³/mol. The number of hydrogen-bond donors (Lipinski definition) is 1. The van der Waals surface area contributed by atoms with E-state index in [2.05, 4.69) is 47.2 Å². The first-order valence-electron chi connectivity index (χ1n) is 7.57. The van der Waals surface area contributed by atoms with Crippen LogP contribution >= 0.6 is 11.3 Å². The maximum atomic E-state index is 4.54. The van der Waals surface area contributed by atoms with Crippen molar-refractivity contribution in [2.75, 3.05) is 19.6 Å². The second kappa shape index (κ2) is 6.20. The third kappa shape index (κ3) is 3.03. The minimum absolute atomic E-state index is 0.703. The highest BCUT2D eigenvalue weighted by Crippen LogP contribution is 2.24. The molecule has 1 aromatic carbocycles. The molecule has 1 fully saturated rings. The van der Waals surface area contributed by atoms with Gasteiger partial charge in [0.05, 0.1) is 15.2 Å². The van der Waals surface area contributed by atoms with E-state index in [1.165, 1.54) is 29.6 Å². The number of benzene rings is 1. The topological polar surface area (TPSA) is 28.2 Å². The van der Waals surface area contributed by atoms with Crippen LogP contribution in [0, 0.1) is 6.92 Å². The van der Waals surface area contributed by atoms with Crippen molar-refractivity contribution >= 4 is 21.6 Å². The van der Waals surface area contributed by atoms with E-state index < -0.39 is 0 Å². The molecule has 1 saturated heterocycles. The Morgan fingerprint density at radius 2 is 2.35 bits per heavy atom. The fourth-order valence-corrected chi connectivity index (χ4v) is 3.94. The van der Waals surface area contributed by atoms with Gasteiger partial charge in [-0.25, -0.2) is 4.98 Å². The normalized spacial score (nSPS) is 19.2. The lowest BCUT2D eigenvalue weighted by atomic mass is 10.1. The van der Waals surface area contributed by atoms with Gasteiger partial charge in [-0.1, -0.05) is 13.0 Å². The lowest BCUT2D eigenvalue weighted by Crippen LogP contribution is -2.36. The van der Waals surface area contributed by atoms with Gasteiger partial charge in [0.1, 0.15) is 0 Å². The first-order valence-corrected chi connectivity index (χ1v) is 8.38. The van der Waals surface area contributed by atoms with E-state index in [-0.39, 0.29) is 0 Å². The summed E-state index contributed by atoms with van der Waals surface area (Å²) in [5, 5.41) is 4.64. The van der Waals surface area contributed by atoms with E-state index in [1.54, 1.807) is 11.3 Å². The summed E-state index contributed by atoms with van der Waals surface area (Å²) in [6.07, 6.45) is 2.50. The van der Waals surface area contributed by atoms with Crippen molar-refractivity contribution in [1.29, 1.82) is 0 Å². The van der Waals surface area contributed by atoms with E-state index in [0.717, 1.165) is 30.2 Å². The molecule has 0 spiro atoms. The number of fused-ring (bicyclic) bond motifs is 1. The minimum Gasteiger partial charge on any atom is -0.315 e. The van der Waals surface area contributed by atoms with Crippen molar-refractivity contribution in [2.24, 2.45) is 0 Å². The fourth-order valence-electron chi connectivity index (χ4n) is 3.05. The van der Waals surface area contributed by atoms with Gasteiger partial charge in [0.25, 0.3) is 0 Å². The molecule has 1 aromatic heterocycles. The van der Waals surface area contributed by atoms with Gasteiger partial charge in [-0.2, -0.15) is 0 Å². The van der Waals surface area contributed by atoms with Gasteiger partial charge in [-0.05, 0) is 50.6 Å². The Morgan fingerprint density at radius 1 is 1.45 bits per heavy atom. The van der Waals surface area contributed by atoms with Crippen LogP contribution in [0.15, 0.2) is 18.2 Å². The van der Waals surface area contributed by atoms with E-state index in [4.69, 9.17) is 0 Å². The molecule has 0 saturated carbocycles. The number of aromatic nitrogens is 1. The summed E-state index contributed by atoms with van der Waals surface area (Å²) in [5.74, 6) is 0. The second-order valence-corrected chi connectivity index (χ2v) is 6.89. The quantitative estimate of drug-likeness (QED) is 0.916. The molecule has 4 heteroatoms. The lowest BCUT2D eigenvalue weighted by molar-refractivity contribution is 0.199. The first kappa shape index (κ1) is 14.0. The summed E-state index contributed by atoms with van der Waals surface area (Å²) in [5.41, 5.74) is 2.56. The average Bonchev–Trinajstić information content (AvgIpc) is 3.05. The van der Waals surface area contributed by atoms with Crippen LogP contribution in [0.3, 0.4) is 0 Å². The zero-order valence-corrected chi connectivity index (χ0v) is 13.2. The molecule has 1 unspecified atom stereocenters. The highest BCUT2D eigenvalue weighted by Gasteiger charge is 2.21. The highest BCUT2D eigenvalue weighted by atomic mass is 32.1. The molecule has 1 N–H and O–H groups in total. The molecule has 1 aliphatic rings. The third-order valence-electron chi connectivity index (χ3n) is 4.01. The Labute approximate surface area is 125 Å². The van der Waals surface area contributed by atoms with Crippen LogP contribution in [0.2, 0.25) is 0 Å². The number of thiazole rings is 1. The molecular formula is C16H23N3S. The standard InChI is InChI=1S/C16H23N3S/c1-3-8-19(14-6-7-17-10-14)11-13-4-5-15-16(9-13)20-12(2)18-15/h4-5,9,14,17H,3,6-8,10-11H2,1-2H3. The van der Waals surface area contributed by atoms with Crippen LogP contribution < -0.4 is 5.32 Å². The Kier molecular flexibility index (Phi) is 4.34. The molecule has 0 radical (unpaired) electrons. The lowest BCUT2D eigenvalue weighted by Gasteiger charge is -2.28. The van der Waals surface area contributed by atoms with Crippen LogP contribution in [-0.4, -0.2) is 35.6 Å². The van der Waals surface area contributed by atoms with E-state index in [0.29, 0.717) is 6.04 Å². The second-order valence-electron chi connectivity index (χ2n) is 5.65. The molecule has 1 aliphatic heterocycles. The van der Waals surface area contributed by atoms with Crippen molar-refractivity contribution in [3.63, 3.8) is 0 Å². The summed E-state index contributed by atoms with van der Waals surface area (Å²) in [6.45, 7) is 8.90. The molecule has 3 rings (SSSR count). The van der Waals surface area contributed by atoms with Gasteiger partial charge in [0.15, 0.2) is 0 Å². The van der Waals surface area contributed by atoms with Crippen LogP contribution in [-0.2, 0) is 6.54 Å². The monoisotopic (exact) mass is 289 g/mol. The summed E-state index contributed by atoms with van der Waals surface area (Å²) in [4.78, 5) is 7.18. The van der Waals surface area contributed by atoms with Gasteiger partial charge < -0.3 is 5.32 Å². The number of nitrogens with zero attached hydrogens (tertiary/aromatic N) is 2. The van der Waals surface area contributed by atoms with Gasteiger partial charge in [-0.15, -0.1) is 11.3 Å². The Morgan fingerprint density at radius 3 is 3.10 bits per heavy atom. The molecule has 0 bridgehead atoms. The SMILES string of the molecule is CCCN(Cc1ccc2nc(C)sc2c1)C1CCNC1. The molecule has 0 aliphatic carbocycles.